The summed E-state index contributed by atoms with van der Waals surface area (Å²) < 4.78 is 0. The van der Waals surface area contributed by atoms with Crippen molar-refractivity contribution in [2.24, 2.45) is 0 Å². The topological polar surface area (TPSA) is 0 Å². The molecule has 0 unspecified atom stereocenters. The van der Waals surface area contributed by atoms with E-state index in [1.165, 1.54) is 21.9 Å². The average molecular weight is 370 g/mol. The number of hydrogen-bond donors (Lipinski definition) is 0. The van der Waals surface area contributed by atoms with Crippen LogP contribution in [0.25, 0.3) is 10.8 Å². The van der Waals surface area contributed by atoms with E-state index in [0.29, 0.717) is 0 Å². The first-order valence-corrected chi connectivity index (χ1v) is 5.62. The third-order valence-electron chi connectivity index (χ3n) is 2.63. The molecule has 0 nitrogen and oxygen atoms in total. The quantitative estimate of drug-likeness (QED) is 0.499. The summed E-state index contributed by atoms with van der Waals surface area (Å²) in [6.45, 7) is 4.18. The zero-order valence-corrected chi connectivity index (χ0v) is 15.1. The van der Waals surface area contributed by atoms with Crippen LogP contribution in [0, 0.1) is 13.0 Å². The Balaban J connectivity index is 0. The molecule has 98 valence electrons. The number of aryl methyl sites for hydroxylation is 1. The molecule has 2 aromatic rings. The summed E-state index contributed by atoms with van der Waals surface area (Å²) in [5.74, 6) is 0. The molecule has 0 bridgehead atoms. The van der Waals surface area contributed by atoms with Crippen LogP contribution in [0.1, 0.15) is 18.9 Å². The van der Waals surface area contributed by atoms with Crippen LogP contribution in [0.15, 0.2) is 54.1 Å². The number of fused-ring (bicyclic) bond motifs is 1. The van der Waals surface area contributed by atoms with Crippen LogP contribution in [0.3, 0.4) is 0 Å². The molecule has 0 amide bonds. The fourth-order valence-corrected chi connectivity index (χ4v) is 1.82. The van der Waals surface area contributed by atoms with E-state index in [-0.39, 0.29) is 51.0 Å². The SMILES string of the molecule is CC1=[C-]CC=C1.Cc1cc2ccccc2[cH-]1.[Cl-].[Cl-].[Zr+4]. The van der Waals surface area contributed by atoms with Crippen LogP contribution < -0.4 is 24.8 Å². The molecule has 19 heavy (non-hydrogen) atoms. The van der Waals surface area contributed by atoms with Crippen molar-refractivity contribution in [3.05, 3.63) is 65.8 Å². The predicted octanol–water partition coefficient (Wildman–Crippen LogP) is -1.43. The van der Waals surface area contributed by atoms with Gasteiger partial charge in [-0.15, -0.1) is 47.0 Å². The Morgan fingerprint density at radius 1 is 1.11 bits per heavy atom. The minimum absolute atomic E-state index is 0. The van der Waals surface area contributed by atoms with Gasteiger partial charge in [-0.25, -0.2) is 11.6 Å². The largest absolute Gasteiger partial charge is 4.00 e. The molecule has 0 aromatic heterocycles. The number of rotatable bonds is 0. The van der Waals surface area contributed by atoms with Crippen molar-refractivity contribution in [1.29, 1.82) is 0 Å². The summed E-state index contributed by atoms with van der Waals surface area (Å²) >= 11 is 0. The second-order valence-electron chi connectivity index (χ2n) is 4.13. The molecule has 0 saturated carbocycles. The van der Waals surface area contributed by atoms with Crippen LogP contribution >= 0.6 is 0 Å². The smallest absolute Gasteiger partial charge is 1.00 e. The Kier molecular flexibility index (Phi) is 11.7. The number of allylic oxidation sites excluding steroid dienone is 4. The average Bonchev–Trinajstić information content (AvgIpc) is 2.86. The Labute approximate surface area is 147 Å². The minimum Gasteiger partial charge on any atom is -1.00 e. The van der Waals surface area contributed by atoms with Crippen molar-refractivity contribution in [1.82, 2.24) is 0 Å². The molecule has 1 aliphatic rings. The van der Waals surface area contributed by atoms with Crippen molar-refractivity contribution in [3.63, 3.8) is 0 Å². The summed E-state index contributed by atoms with van der Waals surface area (Å²) in [4.78, 5) is 0. The third kappa shape index (κ3) is 6.66. The first kappa shape index (κ1) is 21.1. The van der Waals surface area contributed by atoms with Gasteiger partial charge in [-0.3, -0.25) is 6.08 Å². The zero-order valence-electron chi connectivity index (χ0n) is 11.1. The summed E-state index contributed by atoms with van der Waals surface area (Å²) in [5, 5.41) is 2.69. The number of halogens is 2. The van der Waals surface area contributed by atoms with Gasteiger partial charge in [-0.2, -0.15) is 12.1 Å². The summed E-state index contributed by atoms with van der Waals surface area (Å²) in [5.41, 5.74) is 2.62. The molecule has 3 heteroatoms. The van der Waals surface area contributed by atoms with Crippen LogP contribution in [0.5, 0.6) is 0 Å². The fourth-order valence-electron chi connectivity index (χ4n) is 1.82. The number of benzene rings is 1. The molecule has 0 atom stereocenters. The zero-order chi connectivity index (χ0) is 11.4. The summed E-state index contributed by atoms with van der Waals surface area (Å²) in [6, 6.07) is 12.8. The van der Waals surface area contributed by atoms with Gasteiger partial charge in [0.25, 0.3) is 0 Å². The normalized spacial score (nSPS) is 11.4. The fraction of sp³-hybridized carbons (Fsp3) is 0.188. The predicted molar refractivity (Wildman–Crippen MR) is 70.5 cm³/mol. The Bertz CT molecular complexity index is 503. The van der Waals surface area contributed by atoms with Crippen LogP contribution in [-0.4, -0.2) is 0 Å². The molecule has 3 rings (SSSR count). The van der Waals surface area contributed by atoms with Gasteiger partial charge in [0.2, 0.25) is 0 Å². The van der Waals surface area contributed by atoms with Gasteiger partial charge in [-0.1, -0.05) is 19.9 Å². The molecule has 2 aromatic carbocycles. The van der Waals surface area contributed by atoms with E-state index in [0.717, 1.165) is 6.42 Å². The maximum Gasteiger partial charge on any atom is 4.00 e. The van der Waals surface area contributed by atoms with Gasteiger partial charge in [0.1, 0.15) is 0 Å². The standard InChI is InChI=1S/C10H9.C6H7.2ClH.Zr/c1-8-6-9-4-2-3-5-10(9)7-8;1-6-4-2-3-5-6;;;/h2-7H,1H3;2,4H,3H2,1H3;2*1H;/q2*-1;;;+4/p-2. The molecule has 0 spiro atoms. The Hall–Kier alpha value is -0.227. The van der Waals surface area contributed by atoms with Gasteiger partial charge in [-0.05, 0) is 0 Å². The van der Waals surface area contributed by atoms with Gasteiger partial charge < -0.3 is 24.8 Å². The number of hydrogen-bond acceptors (Lipinski definition) is 0. The van der Waals surface area contributed by atoms with Gasteiger partial charge in [0, 0.05) is 0 Å². The molecular formula is C16H16Cl2Zr. The van der Waals surface area contributed by atoms with E-state index in [1.54, 1.807) is 0 Å². The first-order valence-electron chi connectivity index (χ1n) is 5.62. The maximum absolute atomic E-state index is 3.12. The van der Waals surface area contributed by atoms with E-state index in [9.17, 15) is 0 Å². The summed E-state index contributed by atoms with van der Waals surface area (Å²) in [6.07, 6.45) is 8.33. The molecule has 0 saturated heterocycles. The molecule has 0 fully saturated rings. The molecule has 0 heterocycles. The van der Waals surface area contributed by atoms with Crippen LogP contribution in [0.4, 0.5) is 0 Å². The first-order chi connectivity index (χ1) is 7.75. The molecule has 0 aliphatic heterocycles. The van der Waals surface area contributed by atoms with Crippen molar-refractivity contribution >= 4 is 10.8 Å². The molecular weight excluding hydrogens is 354 g/mol. The molecule has 0 radical (unpaired) electrons. The molecule has 0 N–H and O–H groups in total. The molecule has 1 aliphatic carbocycles. The second-order valence-corrected chi connectivity index (χ2v) is 4.13. The Morgan fingerprint density at radius 2 is 1.79 bits per heavy atom. The van der Waals surface area contributed by atoms with E-state index < -0.39 is 0 Å². The van der Waals surface area contributed by atoms with E-state index in [4.69, 9.17) is 0 Å². The Morgan fingerprint density at radius 3 is 2.26 bits per heavy atom. The van der Waals surface area contributed by atoms with Crippen molar-refractivity contribution < 1.29 is 51.0 Å². The van der Waals surface area contributed by atoms with Crippen LogP contribution in [0.2, 0.25) is 0 Å². The van der Waals surface area contributed by atoms with Gasteiger partial charge in [0.15, 0.2) is 0 Å². The van der Waals surface area contributed by atoms with E-state index in [2.05, 4.69) is 68.5 Å². The third-order valence-corrected chi connectivity index (χ3v) is 2.63. The second kappa shape index (κ2) is 10.5. The van der Waals surface area contributed by atoms with Crippen molar-refractivity contribution in [3.8, 4) is 0 Å². The van der Waals surface area contributed by atoms with Gasteiger partial charge in [0.05, 0.1) is 0 Å². The van der Waals surface area contributed by atoms with Crippen molar-refractivity contribution in [2.75, 3.05) is 0 Å². The van der Waals surface area contributed by atoms with Crippen LogP contribution in [-0.2, 0) is 26.2 Å². The minimum atomic E-state index is 0. The monoisotopic (exact) mass is 368 g/mol. The van der Waals surface area contributed by atoms with E-state index in [1.807, 2.05) is 0 Å². The summed E-state index contributed by atoms with van der Waals surface area (Å²) in [7, 11) is 0. The van der Waals surface area contributed by atoms with Crippen molar-refractivity contribution in [2.45, 2.75) is 20.3 Å². The maximum atomic E-state index is 3.12. The van der Waals surface area contributed by atoms with Gasteiger partial charge >= 0.3 is 26.2 Å². The van der Waals surface area contributed by atoms with E-state index >= 15 is 0 Å².